The number of hydrogen-bond donors (Lipinski definition) is 1. The molecule has 0 saturated carbocycles. The molecule has 0 aliphatic heterocycles. The maximum absolute atomic E-state index is 13.3. The Bertz CT molecular complexity index is 382. The van der Waals surface area contributed by atoms with Gasteiger partial charge in [-0.2, -0.15) is 0 Å². The summed E-state index contributed by atoms with van der Waals surface area (Å²) in [6.07, 6.45) is 0.986. The molecule has 0 bridgehead atoms. The normalized spacial score (nSPS) is 10.3. The lowest BCUT2D eigenvalue weighted by molar-refractivity contribution is -0.137. The first-order chi connectivity index (χ1) is 7.02. The third-order valence-corrected chi connectivity index (χ3v) is 2.97. The Balaban J connectivity index is 2.70. The lowest BCUT2D eigenvalue weighted by Crippen LogP contribution is -1.97. The Kier molecular flexibility index (Phi) is 4.54. The third kappa shape index (κ3) is 3.47. The summed E-state index contributed by atoms with van der Waals surface area (Å²) in [4.78, 5) is 10.3. The van der Waals surface area contributed by atoms with Crippen molar-refractivity contribution < 1.29 is 14.3 Å². The van der Waals surface area contributed by atoms with Gasteiger partial charge in [-0.25, -0.2) is 4.39 Å². The van der Waals surface area contributed by atoms with E-state index in [-0.39, 0.29) is 11.4 Å². The summed E-state index contributed by atoms with van der Waals surface area (Å²) in [6, 6.07) is 3.26. The number of hydrogen-bond acceptors (Lipinski definition) is 1. The van der Waals surface area contributed by atoms with Crippen LogP contribution in [0.3, 0.4) is 0 Å². The van der Waals surface area contributed by atoms with E-state index < -0.39 is 11.8 Å². The molecule has 15 heavy (non-hydrogen) atoms. The minimum atomic E-state index is -0.858. The van der Waals surface area contributed by atoms with Gasteiger partial charge in [-0.15, -0.1) is 0 Å². The van der Waals surface area contributed by atoms with E-state index >= 15 is 0 Å². The Morgan fingerprint density at radius 2 is 2.20 bits per heavy atom. The van der Waals surface area contributed by atoms with E-state index in [0.717, 1.165) is 0 Å². The summed E-state index contributed by atoms with van der Waals surface area (Å²) in [5, 5.41) is 8.51. The maximum Gasteiger partial charge on any atom is 0.303 e. The van der Waals surface area contributed by atoms with Crippen LogP contribution < -0.4 is 0 Å². The molecule has 5 heteroatoms. The smallest absolute Gasteiger partial charge is 0.303 e. The fourth-order valence-corrected chi connectivity index (χ4v) is 1.89. The molecular weight excluding hydrogens is 286 g/mol. The summed E-state index contributed by atoms with van der Waals surface area (Å²) in [7, 11) is 0. The summed E-state index contributed by atoms with van der Waals surface area (Å²) in [5.74, 6) is -1.35. The van der Waals surface area contributed by atoms with Gasteiger partial charge in [-0.05, 0) is 40.4 Å². The molecule has 1 aromatic rings. The van der Waals surface area contributed by atoms with Crippen LogP contribution in [0.4, 0.5) is 4.39 Å². The predicted molar refractivity (Wildman–Crippen MR) is 59.7 cm³/mol. The lowest BCUT2D eigenvalue weighted by atomic mass is 10.1. The van der Waals surface area contributed by atoms with E-state index in [1.54, 1.807) is 12.1 Å². The van der Waals surface area contributed by atoms with Crippen molar-refractivity contribution in [1.29, 1.82) is 0 Å². The van der Waals surface area contributed by atoms with Crippen LogP contribution >= 0.6 is 27.5 Å². The van der Waals surface area contributed by atoms with Crippen LogP contribution in [-0.4, -0.2) is 11.1 Å². The molecule has 0 saturated heterocycles. The van der Waals surface area contributed by atoms with Crippen LogP contribution in [0.5, 0.6) is 0 Å². The zero-order valence-electron chi connectivity index (χ0n) is 7.77. The standard InChI is InChI=1S/C10H9BrClFO2/c11-7-5-4-6(9(12)10(7)13)2-1-3-8(14)15/h4-5H,1-3H2,(H,14,15). The number of carboxylic acids is 1. The summed E-state index contributed by atoms with van der Waals surface area (Å²) in [5.41, 5.74) is 0.638. The first kappa shape index (κ1) is 12.5. The Morgan fingerprint density at radius 3 is 2.80 bits per heavy atom. The zero-order chi connectivity index (χ0) is 11.4. The number of carbonyl (C=O) groups is 1. The Hall–Kier alpha value is -0.610. The maximum atomic E-state index is 13.3. The van der Waals surface area contributed by atoms with Crippen LogP contribution in [0.2, 0.25) is 5.02 Å². The Morgan fingerprint density at radius 1 is 1.53 bits per heavy atom. The van der Waals surface area contributed by atoms with Gasteiger partial charge in [0.1, 0.15) is 0 Å². The molecule has 0 spiro atoms. The van der Waals surface area contributed by atoms with Crippen molar-refractivity contribution >= 4 is 33.5 Å². The molecule has 0 aliphatic carbocycles. The van der Waals surface area contributed by atoms with Crippen molar-refractivity contribution in [2.75, 3.05) is 0 Å². The van der Waals surface area contributed by atoms with Gasteiger partial charge in [-0.1, -0.05) is 17.7 Å². The van der Waals surface area contributed by atoms with Crippen molar-refractivity contribution in [2.45, 2.75) is 19.3 Å². The molecule has 0 heterocycles. The highest BCUT2D eigenvalue weighted by atomic mass is 79.9. The molecular formula is C10H9BrClFO2. The number of rotatable bonds is 4. The van der Waals surface area contributed by atoms with Gasteiger partial charge in [0, 0.05) is 6.42 Å². The SMILES string of the molecule is O=C(O)CCCc1ccc(Br)c(F)c1Cl. The van der Waals surface area contributed by atoms with Gasteiger partial charge in [0.05, 0.1) is 9.50 Å². The fourth-order valence-electron chi connectivity index (χ4n) is 1.19. The number of aliphatic carboxylic acids is 1. The second-order valence-corrected chi connectivity index (χ2v) is 4.31. The largest absolute Gasteiger partial charge is 0.481 e. The molecule has 0 atom stereocenters. The van der Waals surface area contributed by atoms with E-state index in [1.165, 1.54) is 0 Å². The molecule has 0 fully saturated rings. The van der Waals surface area contributed by atoms with E-state index in [4.69, 9.17) is 16.7 Å². The van der Waals surface area contributed by atoms with Crippen molar-refractivity contribution in [3.63, 3.8) is 0 Å². The summed E-state index contributed by atoms with van der Waals surface area (Å²) < 4.78 is 13.6. The third-order valence-electron chi connectivity index (χ3n) is 1.95. The van der Waals surface area contributed by atoms with Crippen molar-refractivity contribution in [2.24, 2.45) is 0 Å². The van der Waals surface area contributed by atoms with Crippen LogP contribution in [0.15, 0.2) is 16.6 Å². The molecule has 1 aromatic carbocycles. The number of carboxylic acid groups (broad SMARTS) is 1. The molecule has 1 rings (SSSR count). The molecule has 0 aliphatic rings. The predicted octanol–water partition coefficient (Wildman–Crippen LogP) is 3.65. The summed E-state index contributed by atoms with van der Waals surface area (Å²) in [6.45, 7) is 0. The number of benzene rings is 1. The number of aryl methyl sites for hydroxylation is 1. The van der Waals surface area contributed by atoms with Gasteiger partial charge in [0.25, 0.3) is 0 Å². The quantitative estimate of drug-likeness (QED) is 0.861. The van der Waals surface area contributed by atoms with Gasteiger partial charge in [0.2, 0.25) is 0 Å². The second-order valence-electron chi connectivity index (χ2n) is 3.08. The topological polar surface area (TPSA) is 37.3 Å². The van der Waals surface area contributed by atoms with Crippen LogP contribution in [-0.2, 0) is 11.2 Å². The van der Waals surface area contributed by atoms with Gasteiger partial charge in [0.15, 0.2) is 5.82 Å². The summed E-state index contributed by atoms with van der Waals surface area (Å²) >= 11 is 8.78. The molecule has 2 nitrogen and oxygen atoms in total. The van der Waals surface area contributed by atoms with Crippen molar-refractivity contribution in [3.8, 4) is 0 Å². The zero-order valence-corrected chi connectivity index (χ0v) is 10.1. The van der Waals surface area contributed by atoms with Crippen LogP contribution in [0.25, 0.3) is 0 Å². The lowest BCUT2D eigenvalue weighted by Gasteiger charge is -2.05. The average Bonchev–Trinajstić information content (AvgIpc) is 2.18. The fraction of sp³-hybridized carbons (Fsp3) is 0.300. The monoisotopic (exact) mass is 294 g/mol. The molecule has 0 aromatic heterocycles. The van der Waals surface area contributed by atoms with Crippen LogP contribution in [0, 0.1) is 5.82 Å². The second kappa shape index (κ2) is 5.47. The van der Waals surface area contributed by atoms with E-state index in [2.05, 4.69) is 15.9 Å². The number of halogens is 3. The van der Waals surface area contributed by atoms with Crippen LogP contribution in [0.1, 0.15) is 18.4 Å². The molecule has 82 valence electrons. The van der Waals surface area contributed by atoms with E-state index in [9.17, 15) is 9.18 Å². The molecule has 1 N–H and O–H groups in total. The highest BCUT2D eigenvalue weighted by Crippen LogP contribution is 2.27. The van der Waals surface area contributed by atoms with E-state index in [0.29, 0.717) is 22.9 Å². The highest BCUT2D eigenvalue weighted by molar-refractivity contribution is 9.10. The first-order valence-corrected chi connectivity index (χ1v) is 5.53. The first-order valence-electron chi connectivity index (χ1n) is 4.36. The highest BCUT2D eigenvalue weighted by Gasteiger charge is 2.10. The molecule has 0 unspecified atom stereocenters. The molecule has 0 amide bonds. The van der Waals surface area contributed by atoms with Gasteiger partial charge < -0.3 is 5.11 Å². The average molecular weight is 296 g/mol. The van der Waals surface area contributed by atoms with E-state index in [1.807, 2.05) is 0 Å². The van der Waals surface area contributed by atoms with Gasteiger partial charge in [-0.3, -0.25) is 4.79 Å². The minimum absolute atomic E-state index is 0.0635. The Labute approximate surface area is 100 Å². The minimum Gasteiger partial charge on any atom is -0.481 e. The van der Waals surface area contributed by atoms with Crippen molar-refractivity contribution in [1.82, 2.24) is 0 Å². The van der Waals surface area contributed by atoms with Crippen molar-refractivity contribution in [3.05, 3.63) is 33.0 Å². The van der Waals surface area contributed by atoms with Gasteiger partial charge >= 0.3 is 5.97 Å². The molecule has 0 radical (unpaired) electrons.